The molecule has 8 heteroatoms. The van der Waals surface area contributed by atoms with Crippen LogP contribution in [0, 0.1) is 0 Å². The lowest BCUT2D eigenvalue weighted by Gasteiger charge is -2.22. The summed E-state index contributed by atoms with van der Waals surface area (Å²) in [4.78, 5) is 25.4. The number of hydrogen-bond acceptors (Lipinski definition) is 4. The van der Waals surface area contributed by atoms with Crippen molar-refractivity contribution in [1.82, 2.24) is 9.21 Å². The van der Waals surface area contributed by atoms with Gasteiger partial charge in [0.2, 0.25) is 10.0 Å². The lowest BCUT2D eigenvalue weighted by molar-refractivity contribution is 0.0694. The van der Waals surface area contributed by atoms with Gasteiger partial charge < -0.3 is 10.0 Å². The lowest BCUT2D eigenvalue weighted by Crippen LogP contribution is -2.37. The fourth-order valence-corrected chi connectivity index (χ4v) is 4.51. The largest absolute Gasteiger partial charge is 0.478 e. The van der Waals surface area contributed by atoms with Gasteiger partial charge in [-0.05, 0) is 42.8 Å². The smallest absolute Gasteiger partial charge is 0.335 e. The average molecular weight is 388 g/mol. The molecular weight excluding hydrogens is 368 g/mol. The van der Waals surface area contributed by atoms with Crippen molar-refractivity contribution in [2.24, 2.45) is 0 Å². The number of sulfonamides is 1. The first kappa shape index (κ1) is 19.1. The van der Waals surface area contributed by atoms with Crippen LogP contribution in [0.15, 0.2) is 59.5 Å². The monoisotopic (exact) mass is 388 g/mol. The molecular formula is C19H20N2O5S. The second-order valence-corrected chi connectivity index (χ2v) is 8.18. The molecule has 1 N–H and O–H groups in total. The Balaban J connectivity index is 1.71. The van der Waals surface area contributed by atoms with E-state index in [1.54, 1.807) is 35.2 Å². The van der Waals surface area contributed by atoms with Crippen LogP contribution >= 0.6 is 0 Å². The van der Waals surface area contributed by atoms with E-state index < -0.39 is 16.0 Å². The molecule has 1 aliphatic rings. The molecule has 0 spiro atoms. The maximum atomic E-state index is 12.8. The van der Waals surface area contributed by atoms with Crippen LogP contribution in [0.5, 0.6) is 0 Å². The quantitative estimate of drug-likeness (QED) is 0.863. The van der Waals surface area contributed by atoms with Gasteiger partial charge in [0.1, 0.15) is 0 Å². The van der Waals surface area contributed by atoms with E-state index in [1.807, 2.05) is 0 Å². The van der Waals surface area contributed by atoms with E-state index in [4.69, 9.17) is 5.11 Å². The van der Waals surface area contributed by atoms with Crippen molar-refractivity contribution in [2.45, 2.75) is 11.3 Å². The van der Waals surface area contributed by atoms with Gasteiger partial charge in [-0.15, -0.1) is 0 Å². The van der Waals surface area contributed by atoms with Gasteiger partial charge in [0, 0.05) is 31.7 Å². The molecule has 0 aliphatic carbocycles. The molecule has 7 nitrogen and oxygen atoms in total. The fourth-order valence-electron chi connectivity index (χ4n) is 3.02. The predicted molar refractivity (Wildman–Crippen MR) is 99.1 cm³/mol. The Labute approximate surface area is 157 Å². The molecule has 2 aromatic rings. The molecule has 1 heterocycles. The molecule has 1 aliphatic heterocycles. The third-order valence-electron chi connectivity index (χ3n) is 4.50. The van der Waals surface area contributed by atoms with Gasteiger partial charge in [-0.3, -0.25) is 4.79 Å². The fraction of sp³-hybridized carbons (Fsp3) is 0.263. The van der Waals surface area contributed by atoms with Gasteiger partial charge in [0.05, 0.1) is 10.5 Å². The number of carbonyl (C=O) groups excluding carboxylic acids is 1. The van der Waals surface area contributed by atoms with E-state index in [9.17, 15) is 18.0 Å². The summed E-state index contributed by atoms with van der Waals surface area (Å²) in [5, 5.41) is 8.94. The Morgan fingerprint density at radius 1 is 0.815 bits per heavy atom. The zero-order valence-electron chi connectivity index (χ0n) is 14.6. The van der Waals surface area contributed by atoms with Crippen LogP contribution in [-0.2, 0) is 10.0 Å². The molecule has 0 bridgehead atoms. The molecule has 0 radical (unpaired) electrons. The molecule has 3 rings (SSSR count). The van der Waals surface area contributed by atoms with Gasteiger partial charge in [-0.2, -0.15) is 4.31 Å². The van der Waals surface area contributed by atoms with Crippen LogP contribution in [-0.4, -0.2) is 60.8 Å². The zero-order valence-corrected chi connectivity index (χ0v) is 15.4. The molecule has 1 amide bonds. The van der Waals surface area contributed by atoms with Crippen LogP contribution in [0.2, 0.25) is 0 Å². The predicted octanol–water partition coefficient (Wildman–Crippen LogP) is 1.92. The Morgan fingerprint density at radius 2 is 1.44 bits per heavy atom. The van der Waals surface area contributed by atoms with Crippen molar-refractivity contribution in [3.8, 4) is 0 Å². The van der Waals surface area contributed by atoms with E-state index in [0.29, 0.717) is 25.1 Å². The summed E-state index contributed by atoms with van der Waals surface area (Å²) in [6.45, 7) is 1.29. The maximum absolute atomic E-state index is 12.8. The minimum atomic E-state index is -3.58. The minimum Gasteiger partial charge on any atom is -0.478 e. The van der Waals surface area contributed by atoms with Crippen LogP contribution in [0.3, 0.4) is 0 Å². The third-order valence-corrected chi connectivity index (χ3v) is 6.41. The highest BCUT2D eigenvalue weighted by molar-refractivity contribution is 7.89. The highest BCUT2D eigenvalue weighted by Gasteiger charge is 2.28. The van der Waals surface area contributed by atoms with E-state index in [1.165, 1.54) is 28.6 Å². The Bertz CT molecular complexity index is 926. The van der Waals surface area contributed by atoms with Gasteiger partial charge in [-0.25, -0.2) is 13.2 Å². The number of carboxylic acids is 1. The molecule has 2 aromatic carbocycles. The van der Waals surface area contributed by atoms with Gasteiger partial charge >= 0.3 is 5.97 Å². The second kappa shape index (κ2) is 7.89. The van der Waals surface area contributed by atoms with Crippen LogP contribution in [0.1, 0.15) is 27.1 Å². The number of carbonyl (C=O) groups is 2. The number of benzene rings is 2. The van der Waals surface area contributed by atoms with Crippen LogP contribution in [0.25, 0.3) is 0 Å². The molecule has 0 saturated carbocycles. The normalized spacial score (nSPS) is 15.9. The van der Waals surface area contributed by atoms with Crippen molar-refractivity contribution in [3.05, 3.63) is 65.7 Å². The van der Waals surface area contributed by atoms with Crippen molar-refractivity contribution in [3.63, 3.8) is 0 Å². The summed E-state index contributed by atoms with van der Waals surface area (Å²) < 4.78 is 26.9. The maximum Gasteiger partial charge on any atom is 0.335 e. The van der Waals surface area contributed by atoms with Crippen molar-refractivity contribution < 1.29 is 23.1 Å². The van der Waals surface area contributed by atoms with Gasteiger partial charge in [0.25, 0.3) is 5.91 Å². The first-order valence-corrected chi connectivity index (χ1v) is 10.0. The summed E-state index contributed by atoms with van der Waals surface area (Å²) in [5.74, 6) is -1.28. The van der Waals surface area contributed by atoms with Crippen LogP contribution in [0.4, 0.5) is 0 Å². The Kier molecular flexibility index (Phi) is 5.57. The van der Waals surface area contributed by atoms with Gasteiger partial charge in [-0.1, -0.05) is 18.2 Å². The third kappa shape index (κ3) is 4.17. The molecule has 1 fully saturated rings. The SMILES string of the molecule is O=C(O)c1ccc(C(=O)N2CCCN(S(=O)(=O)c3ccccc3)CC2)cc1. The molecule has 0 atom stereocenters. The molecule has 0 unspecified atom stereocenters. The summed E-state index contributed by atoms with van der Waals surface area (Å²) in [5.41, 5.74) is 0.502. The average Bonchev–Trinajstić information content (AvgIpc) is 2.95. The Morgan fingerprint density at radius 3 is 2.07 bits per heavy atom. The lowest BCUT2D eigenvalue weighted by atomic mass is 10.1. The molecule has 142 valence electrons. The second-order valence-electron chi connectivity index (χ2n) is 6.25. The molecule has 1 saturated heterocycles. The van der Waals surface area contributed by atoms with E-state index in [2.05, 4.69) is 0 Å². The standard InChI is InChI=1S/C19H20N2O5S/c22-18(15-7-9-16(10-8-15)19(23)24)20-11-4-12-21(14-13-20)27(25,26)17-5-2-1-3-6-17/h1-3,5-10H,4,11-14H2,(H,23,24). The topological polar surface area (TPSA) is 95.0 Å². The number of carboxylic acid groups (broad SMARTS) is 1. The summed E-state index contributed by atoms with van der Waals surface area (Å²) in [7, 11) is -3.58. The summed E-state index contributed by atoms with van der Waals surface area (Å²) in [6.07, 6.45) is 0.533. The number of rotatable bonds is 4. The van der Waals surface area contributed by atoms with Crippen molar-refractivity contribution in [2.75, 3.05) is 26.2 Å². The zero-order chi connectivity index (χ0) is 19.4. The summed E-state index contributed by atoms with van der Waals surface area (Å²) >= 11 is 0. The Hall–Kier alpha value is -2.71. The van der Waals surface area contributed by atoms with E-state index in [0.717, 1.165) is 0 Å². The molecule has 27 heavy (non-hydrogen) atoms. The minimum absolute atomic E-state index is 0.113. The van der Waals surface area contributed by atoms with Gasteiger partial charge in [0.15, 0.2) is 0 Å². The van der Waals surface area contributed by atoms with Crippen LogP contribution < -0.4 is 0 Å². The number of hydrogen-bond donors (Lipinski definition) is 1. The number of amides is 1. The first-order valence-electron chi connectivity index (χ1n) is 8.57. The van der Waals surface area contributed by atoms with E-state index >= 15 is 0 Å². The molecule has 0 aromatic heterocycles. The number of nitrogens with zero attached hydrogens (tertiary/aromatic N) is 2. The van der Waals surface area contributed by atoms with E-state index in [-0.39, 0.29) is 29.5 Å². The van der Waals surface area contributed by atoms with Crippen molar-refractivity contribution >= 4 is 21.9 Å². The summed E-state index contributed by atoms with van der Waals surface area (Å²) in [6, 6.07) is 14.0. The number of aromatic carboxylic acids is 1. The highest BCUT2D eigenvalue weighted by atomic mass is 32.2. The highest BCUT2D eigenvalue weighted by Crippen LogP contribution is 2.18. The first-order chi connectivity index (χ1) is 12.9. The van der Waals surface area contributed by atoms with Crippen molar-refractivity contribution in [1.29, 1.82) is 0 Å².